The van der Waals surface area contributed by atoms with E-state index < -0.39 is 0 Å². The topological polar surface area (TPSA) is 76.3 Å². The molecule has 0 aliphatic heterocycles. The lowest BCUT2D eigenvalue weighted by Crippen LogP contribution is -2.24. The summed E-state index contributed by atoms with van der Waals surface area (Å²) in [6, 6.07) is 11.3. The Hall–Kier alpha value is -3.38. The van der Waals surface area contributed by atoms with Crippen molar-refractivity contribution in [2.24, 2.45) is 4.99 Å². The van der Waals surface area contributed by atoms with Crippen LogP contribution in [0.25, 0.3) is 10.9 Å². The van der Waals surface area contributed by atoms with E-state index in [-0.39, 0.29) is 0 Å². The third-order valence-electron chi connectivity index (χ3n) is 4.79. The van der Waals surface area contributed by atoms with Gasteiger partial charge in [0, 0.05) is 44.9 Å². The third kappa shape index (κ3) is 6.56. The molecule has 0 spiro atoms. The highest BCUT2D eigenvalue weighted by Gasteiger charge is 2.12. The minimum atomic E-state index is 0.378. The van der Waals surface area contributed by atoms with Gasteiger partial charge in [0.1, 0.15) is 18.7 Å². The van der Waals surface area contributed by atoms with Crippen LogP contribution >= 0.6 is 0 Å². The molecule has 0 aliphatic carbocycles. The molecular formula is C25H29N3O5. The van der Waals surface area contributed by atoms with Gasteiger partial charge in [0.25, 0.3) is 0 Å². The maximum absolute atomic E-state index is 5.96. The second-order valence-corrected chi connectivity index (χ2v) is 7.06. The number of hydrogen-bond acceptors (Lipinski definition) is 7. The molecular weight excluding hydrogens is 422 g/mol. The van der Waals surface area contributed by atoms with Crippen LogP contribution in [0.15, 0.2) is 47.7 Å². The second-order valence-electron chi connectivity index (χ2n) is 7.06. The summed E-state index contributed by atoms with van der Waals surface area (Å²) < 4.78 is 29.3. The predicted molar refractivity (Wildman–Crippen MR) is 126 cm³/mol. The first-order valence-corrected chi connectivity index (χ1v) is 10.6. The summed E-state index contributed by atoms with van der Waals surface area (Å²) in [6.07, 6.45) is 7.32. The molecule has 3 aromatic rings. The van der Waals surface area contributed by atoms with E-state index in [1.54, 1.807) is 27.7 Å². The predicted octanol–water partition coefficient (Wildman–Crippen LogP) is 2.95. The molecule has 0 fully saturated rings. The first kappa shape index (κ1) is 24.3. The van der Waals surface area contributed by atoms with Gasteiger partial charge in [0.15, 0.2) is 11.5 Å². The van der Waals surface area contributed by atoms with Crippen LogP contribution in [0.5, 0.6) is 11.5 Å². The smallest absolute Gasteiger partial charge is 0.163 e. The van der Waals surface area contributed by atoms with Crippen molar-refractivity contribution in [3.63, 3.8) is 0 Å². The quantitative estimate of drug-likeness (QED) is 0.311. The Morgan fingerprint density at radius 3 is 2.27 bits per heavy atom. The Morgan fingerprint density at radius 1 is 0.909 bits per heavy atom. The highest BCUT2D eigenvalue weighted by molar-refractivity contribution is 5.81. The highest BCUT2D eigenvalue weighted by Crippen LogP contribution is 2.31. The summed E-state index contributed by atoms with van der Waals surface area (Å²) in [4.78, 5) is 9.52. The van der Waals surface area contributed by atoms with Crippen molar-refractivity contribution < 1.29 is 23.7 Å². The number of nitrogens with zero attached hydrogens (tertiary/aromatic N) is 3. The van der Waals surface area contributed by atoms with Crippen molar-refractivity contribution in [2.45, 2.75) is 6.54 Å². The van der Waals surface area contributed by atoms with E-state index in [1.165, 1.54) is 0 Å². The molecule has 8 nitrogen and oxygen atoms in total. The largest absolute Gasteiger partial charge is 0.487 e. The number of methoxy groups -OCH3 is 3. The molecule has 0 amide bonds. The highest BCUT2D eigenvalue weighted by atomic mass is 16.5. The summed E-state index contributed by atoms with van der Waals surface area (Å²) in [5.74, 6) is 3.81. The number of aromatic nitrogens is 2. The van der Waals surface area contributed by atoms with Crippen molar-refractivity contribution in [3.8, 4) is 23.8 Å². The van der Waals surface area contributed by atoms with Crippen molar-refractivity contribution in [1.29, 1.82) is 0 Å². The molecule has 0 radical (unpaired) electrons. The Bertz CT molecular complexity index is 1170. The Morgan fingerprint density at radius 2 is 1.61 bits per heavy atom. The molecule has 1 aromatic heterocycles. The van der Waals surface area contributed by atoms with E-state index in [1.807, 2.05) is 41.0 Å². The summed E-state index contributed by atoms with van der Waals surface area (Å²) in [5, 5.41) is 0.811. The molecule has 0 saturated carbocycles. The molecule has 3 rings (SSSR count). The van der Waals surface area contributed by atoms with Crippen LogP contribution in [0.4, 0.5) is 5.69 Å². The fourth-order valence-corrected chi connectivity index (χ4v) is 3.14. The van der Waals surface area contributed by atoms with Gasteiger partial charge in [-0.25, -0.2) is 9.98 Å². The van der Waals surface area contributed by atoms with E-state index in [0.717, 1.165) is 22.2 Å². The van der Waals surface area contributed by atoms with Crippen molar-refractivity contribution in [3.05, 3.63) is 53.8 Å². The van der Waals surface area contributed by atoms with Gasteiger partial charge in [-0.2, -0.15) is 0 Å². The van der Waals surface area contributed by atoms with Crippen LogP contribution in [-0.4, -0.2) is 63.9 Å². The second kappa shape index (κ2) is 12.6. The minimum absolute atomic E-state index is 0.378. The summed E-state index contributed by atoms with van der Waals surface area (Å²) in [6.45, 7) is 2.77. The fraction of sp³-hybridized carbons (Fsp3) is 0.360. The summed E-state index contributed by atoms with van der Waals surface area (Å²) in [5.41, 5.74) is 2.94. The van der Waals surface area contributed by atoms with E-state index in [4.69, 9.17) is 35.1 Å². The Kier molecular flexibility index (Phi) is 9.27. The van der Waals surface area contributed by atoms with Gasteiger partial charge >= 0.3 is 0 Å². The van der Waals surface area contributed by atoms with Crippen molar-refractivity contribution >= 4 is 16.6 Å². The minimum Gasteiger partial charge on any atom is -0.487 e. The molecule has 0 unspecified atom stereocenters. The van der Waals surface area contributed by atoms with E-state index in [0.29, 0.717) is 56.6 Å². The molecule has 0 bridgehead atoms. The maximum Gasteiger partial charge on any atom is 0.163 e. The lowest BCUT2D eigenvalue weighted by molar-refractivity contribution is 0.132. The molecule has 0 N–H and O–H groups in total. The number of benzene rings is 2. The van der Waals surface area contributed by atoms with Gasteiger partial charge in [0.05, 0.1) is 37.4 Å². The molecule has 0 atom stereocenters. The van der Waals surface area contributed by atoms with Gasteiger partial charge in [-0.1, -0.05) is 12.0 Å². The normalized spacial score (nSPS) is 11.5. The third-order valence-corrected chi connectivity index (χ3v) is 4.79. The number of ether oxygens (including phenoxy) is 5. The lowest BCUT2D eigenvalue weighted by atomic mass is 10.2. The molecule has 33 heavy (non-hydrogen) atoms. The van der Waals surface area contributed by atoms with Crippen LogP contribution in [0.3, 0.4) is 0 Å². The molecule has 2 aromatic carbocycles. The maximum atomic E-state index is 5.96. The zero-order chi connectivity index (χ0) is 23.5. The van der Waals surface area contributed by atoms with E-state index in [2.05, 4.69) is 10.9 Å². The SMILES string of the molecule is C#Cc1cccc(/N=c2/c3cc(OCCOC)c(OCCOC)cc3ncn2CCOC)c1. The average molecular weight is 452 g/mol. The van der Waals surface area contributed by atoms with Crippen LogP contribution in [-0.2, 0) is 20.8 Å². The standard InChI is InChI=1S/C25H29N3O5/c1-5-19-7-6-8-20(15-19)27-25-21-16-23(32-13-11-30-3)24(33-14-12-31-4)17-22(21)26-18-28(25)9-10-29-2/h1,6-8,15-18H,9-14H2,2-4H3/b27-25-. The molecule has 1 heterocycles. The lowest BCUT2D eigenvalue weighted by Gasteiger charge is -2.15. The molecule has 0 aliphatic rings. The van der Waals surface area contributed by atoms with E-state index >= 15 is 0 Å². The molecule has 0 saturated heterocycles. The van der Waals surface area contributed by atoms with Crippen LogP contribution in [0.1, 0.15) is 5.56 Å². The zero-order valence-corrected chi connectivity index (χ0v) is 19.2. The van der Waals surface area contributed by atoms with Gasteiger partial charge in [-0.05, 0) is 24.3 Å². The van der Waals surface area contributed by atoms with E-state index in [9.17, 15) is 0 Å². The summed E-state index contributed by atoms with van der Waals surface area (Å²) >= 11 is 0. The number of fused-ring (bicyclic) bond motifs is 1. The number of terminal acetylenes is 1. The van der Waals surface area contributed by atoms with Gasteiger partial charge in [-0.3, -0.25) is 0 Å². The Labute approximate surface area is 193 Å². The van der Waals surface area contributed by atoms with Gasteiger partial charge < -0.3 is 28.3 Å². The zero-order valence-electron chi connectivity index (χ0n) is 19.2. The molecule has 8 heteroatoms. The van der Waals surface area contributed by atoms with Crippen LogP contribution in [0.2, 0.25) is 0 Å². The first-order valence-electron chi connectivity index (χ1n) is 10.6. The first-order chi connectivity index (χ1) is 16.2. The monoisotopic (exact) mass is 451 g/mol. The fourth-order valence-electron chi connectivity index (χ4n) is 3.14. The van der Waals surface area contributed by atoms with Crippen molar-refractivity contribution in [1.82, 2.24) is 9.55 Å². The van der Waals surface area contributed by atoms with Gasteiger partial charge in [-0.15, -0.1) is 6.42 Å². The van der Waals surface area contributed by atoms with Gasteiger partial charge in [0.2, 0.25) is 0 Å². The van der Waals surface area contributed by atoms with Crippen LogP contribution in [0, 0.1) is 12.3 Å². The number of hydrogen-bond donors (Lipinski definition) is 0. The average Bonchev–Trinajstić information content (AvgIpc) is 2.84. The number of rotatable bonds is 12. The molecule has 174 valence electrons. The van der Waals surface area contributed by atoms with Crippen LogP contribution < -0.4 is 15.0 Å². The Balaban J connectivity index is 2.18. The van der Waals surface area contributed by atoms with Crippen molar-refractivity contribution in [2.75, 3.05) is 54.4 Å². The summed E-state index contributed by atoms with van der Waals surface area (Å²) in [7, 11) is 4.92.